The Balaban J connectivity index is 2.33. The average molecular weight is 250 g/mol. The van der Waals surface area contributed by atoms with Crippen LogP contribution >= 0.6 is 0 Å². The van der Waals surface area contributed by atoms with Crippen LogP contribution in [-0.2, 0) is 7.05 Å². The third-order valence-corrected chi connectivity index (χ3v) is 2.49. The van der Waals surface area contributed by atoms with Gasteiger partial charge in [-0.2, -0.15) is 4.80 Å². The Morgan fingerprint density at radius 2 is 2.22 bits per heavy atom. The molecule has 1 aromatic carbocycles. The quantitative estimate of drug-likeness (QED) is 0.780. The summed E-state index contributed by atoms with van der Waals surface area (Å²) < 4.78 is 13.8. The molecule has 0 aliphatic rings. The van der Waals surface area contributed by atoms with Crippen molar-refractivity contribution in [2.45, 2.75) is 6.04 Å². The fraction of sp³-hybridized carbons (Fsp3) is 0.364. The Morgan fingerprint density at radius 3 is 2.83 bits per heavy atom. The molecule has 0 amide bonds. The molecule has 6 nitrogen and oxygen atoms in total. The Bertz CT molecular complexity index is 512. The molecule has 2 rings (SSSR count). The zero-order chi connectivity index (χ0) is 13.0. The lowest BCUT2D eigenvalue weighted by Crippen LogP contribution is -2.29. The van der Waals surface area contributed by atoms with E-state index in [9.17, 15) is 4.39 Å². The van der Waals surface area contributed by atoms with Gasteiger partial charge in [-0.15, -0.1) is 10.2 Å². The van der Waals surface area contributed by atoms with Gasteiger partial charge in [0.25, 0.3) is 0 Å². The molecule has 0 spiro atoms. The molecule has 1 atom stereocenters. The lowest BCUT2D eigenvalue weighted by atomic mass is 10.1. The highest BCUT2D eigenvalue weighted by atomic mass is 19.1. The number of nitrogens with one attached hydrogen (secondary N) is 1. The SMILES string of the molecule is Cn1nnc(C(NCCN)c2ccccc2F)n1. The topological polar surface area (TPSA) is 81.7 Å². The summed E-state index contributed by atoms with van der Waals surface area (Å²) in [7, 11) is 1.66. The maximum atomic E-state index is 13.8. The Hall–Kier alpha value is -1.86. The van der Waals surface area contributed by atoms with Crippen LogP contribution in [0.15, 0.2) is 24.3 Å². The minimum atomic E-state index is -0.441. The molecule has 0 fully saturated rings. The number of hydrogen-bond acceptors (Lipinski definition) is 5. The number of rotatable bonds is 5. The van der Waals surface area contributed by atoms with Crippen molar-refractivity contribution in [3.63, 3.8) is 0 Å². The number of aromatic nitrogens is 4. The van der Waals surface area contributed by atoms with Crippen LogP contribution in [0.4, 0.5) is 4.39 Å². The van der Waals surface area contributed by atoms with Gasteiger partial charge in [0.05, 0.1) is 13.1 Å². The van der Waals surface area contributed by atoms with Crippen molar-refractivity contribution in [3.8, 4) is 0 Å². The zero-order valence-corrected chi connectivity index (χ0v) is 10.0. The summed E-state index contributed by atoms with van der Waals surface area (Å²) in [5, 5.41) is 14.9. The van der Waals surface area contributed by atoms with E-state index >= 15 is 0 Å². The highest BCUT2D eigenvalue weighted by molar-refractivity contribution is 5.25. The van der Waals surface area contributed by atoms with Gasteiger partial charge in [-0.05, 0) is 11.3 Å². The summed E-state index contributed by atoms with van der Waals surface area (Å²) in [6.45, 7) is 0.989. The first kappa shape index (κ1) is 12.6. The lowest BCUT2D eigenvalue weighted by Gasteiger charge is -2.15. The molecule has 1 aromatic heterocycles. The van der Waals surface area contributed by atoms with Crippen molar-refractivity contribution >= 4 is 0 Å². The third kappa shape index (κ3) is 2.69. The van der Waals surface area contributed by atoms with Gasteiger partial charge in [-0.1, -0.05) is 18.2 Å². The van der Waals surface area contributed by atoms with E-state index in [2.05, 4.69) is 20.7 Å². The summed E-state index contributed by atoms with van der Waals surface area (Å²) in [6.07, 6.45) is 0. The van der Waals surface area contributed by atoms with Gasteiger partial charge in [-0.3, -0.25) is 0 Å². The standard InChI is InChI=1S/C11H15FN6/c1-18-16-11(15-17-18)10(14-7-6-13)8-4-2-3-5-9(8)12/h2-5,10,14H,6-7,13H2,1H3. The molecule has 0 aliphatic carbocycles. The fourth-order valence-electron chi connectivity index (χ4n) is 1.69. The van der Waals surface area contributed by atoms with Gasteiger partial charge in [0.1, 0.15) is 5.82 Å². The first-order valence-corrected chi connectivity index (χ1v) is 5.64. The van der Waals surface area contributed by atoms with Crippen LogP contribution in [-0.4, -0.2) is 33.3 Å². The molecule has 1 unspecified atom stereocenters. The maximum absolute atomic E-state index is 13.8. The van der Waals surface area contributed by atoms with Crippen molar-refractivity contribution in [3.05, 3.63) is 41.5 Å². The highest BCUT2D eigenvalue weighted by Gasteiger charge is 2.21. The highest BCUT2D eigenvalue weighted by Crippen LogP contribution is 2.20. The van der Waals surface area contributed by atoms with Crippen LogP contribution in [0.25, 0.3) is 0 Å². The fourth-order valence-corrected chi connectivity index (χ4v) is 1.69. The van der Waals surface area contributed by atoms with E-state index in [4.69, 9.17) is 5.73 Å². The Labute approximate surface area is 104 Å². The smallest absolute Gasteiger partial charge is 0.196 e. The second kappa shape index (κ2) is 5.65. The van der Waals surface area contributed by atoms with Crippen LogP contribution in [0.5, 0.6) is 0 Å². The van der Waals surface area contributed by atoms with Crippen molar-refractivity contribution in [2.75, 3.05) is 13.1 Å². The van der Waals surface area contributed by atoms with E-state index in [1.165, 1.54) is 10.9 Å². The van der Waals surface area contributed by atoms with Crippen LogP contribution in [0.1, 0.15) is 17.4 Å². The molecule has 0 aliphatic heterocycles. The molecule has 96 valence electrons. The molecule has 7 heteroatoms. The molecular formula is C11H15FN6. The molecular weight excluding hydrogens is 235 g/mol. The third-order valence-electron chi connectivity index (χ3n) is 2.49. The van der Waals surface area contributed by atoms with E-state index in [-0.39, 0.29) is 5.82 Å². The van der Waals surface area contributed by atoms with Crippen LogP contribution in [0, 0.1) is 5.82 Å². The van der Waals surface area contributed by atoms with E-state index in [0.29, 0.717) is 24.5 Å². The van der Waals surface area contributed by atoms with Crippen molar-refractivity contribution in [1.29, 1.82) is 0 Å². The van der Waals surface area contributed by atoms with Gasteiger partial charge in [0, 0.05) is 18.7 Å². The van der Waals surface area contributed by atoms with E-state index in [1.807, 2.05) is 0 Å². The minimum Gasteiger partial charge on any atom is -0.329 e. The Kier molecular flexibility index (Phi) is 3.96. The summed E-state index contributed by atoms with van der Waals surface area (Å²) >= 11 is 0. The summed E-state index contributed by atoms with van der Waals surface area (Å²) in [4.78, 5) is 1.34. The summed E-state index contributed by atoms with van der Waals surface area (Å²) in [5.41, 5.74) is 5.94. The van der Waals surface area contributed by atoms with Gasteiger partial charge in [0.15, 0.2) is 5.82 Å². The number of halogens is 1. The molecule has 3 N–H and O–H groups in total. The van der Waals surface area contributed by atoms with Crippen LogP contribution in [0.3, 0.4) is 0 Å². The summed E-state index contributed by atoms with van der Waals surface area (Å²) in [5.74, 6) is 0.121. The van der Waals surface area contributed by atoms with Gasteiger partial charge >= 0.3 is 0 Å². The molecule has 0 bridgehead atoms. The van der Waals surface area contributed by atoms with E-state index in [0.717, 1.165) is 0 Å². The number of nitrogens with zero attached hydrogens (tertiary/aromatic N) is 4. The number of benzene rings is 1. The molecule has 1 heterocycles. The minimum absolute atomic E-state index is 0.306. The number of hydrogen-bond donors (Lipinski definition) is 2. The first-order chi connectivity index (χ1) is 8.72. The zero-order valence-electron chi connectivity index (χ0n) is 10.0. The molecule has 2 aromatic rings. The van der Waals surface area contributed by atoms with Gasteiger partial charge in [-0.25, -0.2) is 4.39 Å². The van der Waals surface area contributed by atoms with Gasteiger partial charge < -0.3 is 11.1 Å². The Morgan fingerprint density at radius 1 is 1.44 bits per heavy atom. The molecule has 18 heavy (non-hydrogen) atoms. The van der Waals surface area contributed by atoms with E-state index < -0.39 is 6.04 Å². The average Bonchev–Trinajstić information content (AvgIpc) is 2.78. The number of tetrazole rings is 1. The van der Waals surface area contributed by atoms with Crippen LogP contribution < -0.4 is 11.1 Å². The van der Waals surface area contributed by atoms with E-state index in [1.54, 1.807) is 25.2 Å². The second-order valence-corrected chi connectivity index (χ2v) is 3.83. The normalized spacial score (nSPS) is 12.6. The van der Waals surface area contributed by atoms with Crippen LogP contribution in [0.2, 0.25) is 0 Å². The summed E-state index contributed by atoms with van der Waals surface area (Å²) in [6, 6.07) is 6.07. The maximum Gasteiger partial charge on any atom is 0.196 e. The van der Waals surface area contributed by atoms with Crippen molar-refractivity contribution < 1.29 is 4.39 Å². The van der Waals surface area contributed by atoms with Crippen molar-refractivity contribution in [1.82, 2.24) is 25.5 Å². The molecule has 0 radical (unpaired) electrons. The lowest BCUT2D eigenvalue weighted by molar-refractivity contribution is 0.533. The molecule has 0 saturated carbocycles. The second-order valence-electron chi connectivity index (χ2n) is 3.83. The molecule has 0 saturated heterocycles. The van der Waals surface area contributed by atoms with Crippen molar-refractivity contribution in [2.24, 2.45) is 12.8 Å². The monoisotopic (exact) mass is 250 g/mol. The number of nitrogens with two attached hydrogens (primary N) is 1. The van der Waals surface area contributed by atoms with Gasteiger partial charge in [0.2, 0.25) is 0 Å². The predicted octanol–water partition coefficient (Wildman–Crippen LogP) is -0.0131. The number of aryl methyl sites for hydroxylation is 1. The largest absolute Gasteiger partial charge is 0.329 e. The first-order valence-electron chi connectivity index (χ1n) is 5.64. The predicted molar refractivity (Wildman–Crippen MR) is 64.1 cm³/mol.